The summed E-state index contributed by atoms with van der Waals surface area (Å²) >= 11 is 0. The summed E-state index contributed by atoms with van der Waals surface area (Å²) < 4.78 is 0. The molecular formula is C12H17N3O2. The SMILES string of the molecule is Cc1[nH]ccc1C(=O)N[C@@H]1CC[C@H](C(N)=O)C1. The molecule has 0 aliphatic heterocycles. The number of amides is 2. The lowest BCUT2D eigenvalue weighted by atomic mass is 10.1. The molecule has 5 heteroatoms. The number of aromatic amines is 1. The van der Waals surface area contributed by atoms with Crippen LogP contribution in [0.1, 0.15) is 35.3 Å². The van der Waals surface area contributed by atoms with Crippen molar-refractivity contribution in [1.82, 2.24) is 10.3 Å². The molecule has 2 amide bonds. The molecule has 4 N–H and O–H groups in total. The van der Waals surface area contributed by atoms with Gasteiger partial charge in [0.15, 0.2) is 0 Å². The van der Waals surface area contributed by atoms with Crippen LogP contribution in [0.4, 0.5) is 0 Å². The van der Waals surface area contributed by atoms with Gasteiger partial charge in [-0.3, -0.25) is 9.59 Å². The van der Waals surface area contributed by atoms with Crippen molar-refractivity contribution in [1.29, 1.82) is 0 Å². The average molecular weight is 235 g/mol. The number of aryl methyl sites for hydroxylation is 1. The quantitative estimate of drug-likeness (QED) is 0.720. The van der Waals surface area contributed by atoms with Gasteiger partial charge in [0.1, 0.15) is 0 Å². The van der Waals surface area contributed by atoms with Gasteiger partial charge in [-0.1, -0.05) is 0 Å². The number of nitrogens with two attached hydrogens (primary N) is 1. The van der Waals surface area contributed by atoms with Crippen LogP contribution in [-0.4, -0.2) is 22.8 Å². The Hall–Kier alpha value is -1.78. The second kappa shape index (κ2) is 4.61. The summed E-state index contributed by atoms with van der Waals surface area (Å²) in [5.41, 5.74) is 6.77. The summed E-state index contributed by atoms with van der Waals surface area (Å²) in [5.74, 6) is -0.439. The van der Waals surface area contributed by atoms with Gasteiger partial charge >= 0.3 is 0 Å². The first kappa shape index (κ1) is 11.7. The number of aromatic nitrogens is 1. The summed E-state index contributed by atoms with van der Waals surface area (Å²) in [5, 5.41) is 2.94. The Labute approximate surface area is 99.8 Å². The minimum Gasteiger partial charge on any atom is -0.369 e. The molecule has 0 radical (unpaired) electrons. The molecule has 2 atom stereocenters. The number of hydrogen-bond donors (Lipinski definition) is 3. The maximum Gasteiger partial charge on any atom is 0.253 e. The fourth-order valence-corrected chi connectivity index (χ4v) is 2.33. The van der Waals surface area contributed by atoms with Crippen LogP contribution in [0.15, 0.2) is 12.3 Å². The number of H-pyrrole nitrogens is 1. The van der Waals surface area contributed by atoms with Gasteiger partial charge in [0.05, 0.1) is 5.56 Å². The van der Waals surface area contributed by atoms with Crippen LogP contribution in [-0.2, 0) is 4.79 Å². The predicted molar refractivity (Wildman–Crippen MR) is 63.3 cm³/mol. The molecular weight excluding hydrogens is 218 g/mol. The first-order chi connectivity index (χ1) is 8.08. The molecule has 1 heterocycles. The molecule has 1 aliphatic rings. The van der Waals surface area contributed by atoms with E-state index in [1.165, 1.54) is 0 Å². The van der Waals surface area contributed by atoms with E-state index in [9.17, 15) is 9.59 Å². The molecule has 92 valence electrons. The second-order valence-corrected chi connectivity index (χ2v) is 4.60. The van der Waals surface area contributed by atoms with Crippen LogP contribution < -0.4 is 11.1 Å². The average Bonchev–Trinajstić information content (AvgIpc) is 2.86. The zero-order valence-electron chi connectivity index (χ0n) is 9.82. The molecule has 1 aromatic rings. The molecule has 0 bridgehead atoms. The van der Waals surface area contributed by atoms with Crippen molar-refractivity contribution in [2.45, 2.75) is 32.2 Å². The monoisotopic (exact) mass is 235 g/mol. The van der Waals surface area contributed by atoms with Crippen LogP contribution in [0, 0.1) is 12.8 Å². The van der Waals surface area contributed by atoms with Crippen molar-refractivity contribution in [2.24, 2.45) is 11.7 Å². The second-order valence-electron chi connectivity index (χ2n) is 4.60. The molecule has 2 rings (SSSR count). The molecule has 0 saturated heterocycles. The van der Waals surface area contributed by atoms with E-state index in [0.29, 0.717) is 12.0 Å². The van der Waals surface area contributed by atoms with Crippen LogP contribution >= 0.6 is 0 Å². The number of nitrogens with one attached hydrogen (secondary N) is 2. The fourth-order valence-electron chi connectivity index (χ4n) is 2.33. The van der Waals surface area contributed by atoms with Gasteiger partial charge in [0.2, 0.25) is 5.91 Å². The third kappa shape index (κ3) is 2.49. The highest BCUT2D eigenvalue weighted by Gasteiger charge is 2.29. The summed E-state index contributed by atoms with van der Waals surface area (Å²) in [6.45, 7) is 1.86. The van der Waals surface area contributed by atoms with Gasteiger partial charge in [-0.2, -0.15) is 0 Å². The van der Waals surface area contributed by atoms with Crippen LogP contribution in [0.3, 0.4) is 0 Å². The smallest absolute Gasteiger partial charge is 0.253 e. The van der Waals surface area contributed by atoms with E-state index >= 15 is 0 Å². The lowest BCUT2D eigenvalue weighted by molar-refractivity contribution is -0.121. The van der Waals surface area contributed by atoms with Gasteiger partial charge in [-0.25, -0.2) is 0 Å². The van der Waals surface area contributed by atoms with E-state index in [4.69, 9.17) is 5.73 Å². The Morgan fingerprint density at radius 3 is 2.76 bits per heavy atom. The summed E-state index contributed by atoms with van der Waals surface area (Å²) in [6, 6.07) is 1.82. The van der Waals surface area contributed by atoms with Crippen molar-refractivity contribution >= 4 is 11.8 Å². The number of carbonyl (C=O) groups is 2. The van der Waals surface area contributed by atoms with Crippen molar-refractivity contribution < 1.29 is 9.59 Å². The summed E-state index contributed by atoms with van der Waals surface area (Å²) in [6.07, 6.45) is 3.99. The van der Waals surface area contributed by atoms with Crippen LogP contribution in [0.2, 0.25) is 0 Å². The maximum atomic E-state index is 11.9. The van der Waals surface area contributed by atoms with E-state index in [-0.39, 0.29) is 23.8 Å². The molecule has 5 nitrogen and oxygen atoms in total. The Balaban J connectivity index is 1.93. The Bertz CT molecular complexity index is 439. The standard InChI is InChI=1S/C12H17N3O2/c1-7-10(4-5-14-7)12(17)15-9-3-2-8(6-9)11(13)16/h4-5,8-9,14H,2-3,6H2,1H3,(H2,13,16)(H,15,17)/t8-,9+/m0/s1. The van der Waals surface area contributed by atoms with Crippen LogP contribution in [0.25, 0.3) is 0 Å². The van der Waals surface area contributed by atoms with E-state index < -0.39 is 0 Å². The number of hydrogen-bond acceptors (Lipinski definition) is 2. The van der Waals surface area contributed by atoms with E-state index in [1.807, 2.05) is 6.92 Å². The van der Waals surface area contributed by atoms with Crippen molar-refractivity contribution in [3.05, 3.63) is 23.5 Å². The maximum absolute atomic E-state index is 11.9. The molecule has 1 saturated carbocycles. The number of carbonyl (C=O) groups excluding carboxylic acids is 2. The van der Waals surface area contributed by atoms with Crippen molar-refractivity contribution in [3.63, 3.8) is 0 Å². The normalized spacial score (nSPS) is 23.6. The molecule has 1 aromatic heterocycles. The first-order valence-corrected chi connectivity index (χ1v) is 5.82. The molecule has 17 heavy (non-hydrogen) atoms. The Kier molecular flexibility index (Phi) is 3.17. The predicted octanol–water partition coefficient (Wildman–Crippen LogP) is 0.707. The Morgan fingerprint density at radius 1 is 1.47 bits per heavy atom. The lowest BCUT2D eigenvalue weighted by Gasteiger charge is -2.12. The minimum absolute atomic E-state index is 0.0642. The molecule has 1 fully saturated rings. The van der Waals surface area contributed by atoms with Crippen molar-refractivity contribution in [2.75, 3.05) is 0 Å². The van der Waals surface area contributed by atoms with Gasteiger partial charge in [-0.15, -0.1) is 0 Å². The van der Waals surface area contributed by atoms with Crippen molar-refractivity contribution in [3.8, 4) is 0 Å². The topological polar surface area (TPSA) is 88.0 Å². The van der Waals surface area contributed by atoms with E-state index in [0.717, 1.165) is 18.5 Å². The molecule has 0 unspecified atom stereocenters. The van der Waals surface area contributed by atoms with E-state index in [1.54, 1.807) is 12.3 Å². The zero-order valence-corrected chi connectivity index (χ0v) is 9.82. The highest BCUT2D eigenvalue weighted by molar-refractivity contribution is 5.95. The lowest BCUT2D eigenvalue weighted by Crippen LogP contribution is -2.34. The van der Waals surface area contributed by atoms with Gasteiger partial charge < -0.3 is 16.0 Å². The summed E-state index contributed by atoms with van der Waals surface area (Å²) in [7, 11) is 0. The first-order valence-electron chi connectivity index (χ1n) is 5.82. The highest BCUT2D eigenvalue weighted by Crippen LogP contribution is 2.25. The molecule has 1 aliphatic carbocycles. The van der Waals surface area contributed by atoms with Gasteiger partial charge in [0.25, 0.3) is 5.91 Å². The fraction of sp³-hybridized carbons (Fsp3) is 0.500. The third-order valence-corrected chi connectivity index (χ3v) is 3.37. The minimum atomic E-state index is -0.264. The number of rotatable bonds is 3. The summed E-state index contributed by atoms with van der Waals surface area (Å²) in [4.78, 5) is 25.9. The zero-order chi connectivity index (χ0) is 12.4. The van der Waals surface area contributed by atoms with Gasteiger partial charge in [-0.05, 0) is 32.3 Å². The van der Waals surface area contributed by atoms with Crippen LogP contribution in [0.5, 0.6) is 0 Å². The molecule has 0 aromatic carbocycles. The largest absolute Gasteiger partial charge is 0.369 e. The number of primary amides is 1. The Morgan fingerprint density at radius 2 is 2.24 bits per heavy atom. The van der Waals surface area contributed by atoms with Gasteiger partial charge in [0, 0.05) is 23.9 Å². The highest BCUT2D eigenvalue weighted by atomic mass is 16.2. The molecule has 0 spiro atoms. The van der Waals surface area contributed by atoms with E-state index in [2.05, 4.69) is 10.3 Å². The third-order valence-electron chi connectivity index (χ3n) is 3.37.